The van der Waals surface area contributed by atoms with Gasteiger partial charge in [0.1, 0.15) is 10.7 Å². The molecule has 3 rings (SSSR count). The summed E-state index contributed by atoms with van der Waals surface area (Å²) in [6, 6.07) is 9.12. The van der Waals surface area contributed by atoms with Crippen LogP contribution in [0.25, 0.3) is 11.1 Å². The standard InChI is InChI=1S/C18H19ClFN3O3S/c1-11(26-2)9-10-21-18-22-17-13(12-5-3-7-14(20)16(12)19)6-4-8-15(17)27(24,25)23-18/h3-8,11H,9-10H2,1-2H3,(H2,21,22,23). The number of methoxy groups -OCH3 is 1. The largest absolute Gasteiger partial charge is 0.382 e. The molecule has 9 heteroatoms. The first-order valence-corrected chi connectivity index (χ1v) is 10.1. The molecule has 2 N–H and O–H groups in total. The molecule has 2 aromatic rings. The van der Waals surface area contributed by atoms with Crippen LogP contribution in [-0.2, 0) is 14.8 Å². The van der Waals surface area contributed by atoms with E-state index in [1.807, 2.05) is 6.92 Å². The minimum Gasteiger partial charge on any atom is -0.382 e. The van der Waals surface area contributed by atoms with Gasteiger partial charge in [-0.1, -0.05) is 35.9 Å². The Labute approximate surface area is 162 Å². The average molecular weight is 412 g/mol. The number of benzene rings is 2. The lowest BCUT2D eigenvalue weighted by Crippen LogP contribution is -2.41. The smallest absolute Gasteiger partial charge is 0.266 e. The van der Waals surface area contributed by atoms with Crippen LogP contribution >= 0.6 is 11.6 Å². The van der Waals surface area contributed by atoms with Crippen molar-refractivity contribution in [1.29, 1.82) is 0 Å². The van der Waals surface area contributed by atoms with Gasteiger partial charge in [0, 0.05) is 24.8 Å². The van der Waals surface area contributed by atoms with E-state index in [1.54, 1.807) is 25.3 Å². The van der Waals surface area contributed by atoms with Crippen molar-refractivity contribution in [3.05, 3.63) is 47.2 Å². The third-order valence-electron chi connectivity index (χ3n) is 4.24. The molecule has 6 nitrogen and oxygen atoms in total. The maximum atomic E-state index is 13.9. The second kappa shape index (κ2) is 7.84. The molecule has 0 radical (unpaired) electrons. The van der Waals surface area contributed by atoms with Crippen molar-refractivity contribution in [3.8, 4) is 11.1 Å². The summed E-state index contributed by atoms with van der Waals surface area (Å²) in [6.45, 7) is 2.27. The van der Waals surface area contributed by atoms with Crippen LogP contribution in [-0.4, -0.2) is 34.1 Å². The van der Waals surface area contributed by atoms with E-state index in [2.05, 4.69) is 15.0 Å². The fraction of sp³-hybridized carbons (Fsp3) is 0.278. The summed E-state index contributed by atoms with van der Waals surface area (Å²) in [5.74, 6) is -0.475. The van der Waals surface area contributed by atoms with Gasteiger partial charge in [-0.05, 0) is 25.5 Å². The fourth-order valence-corrected chi connectivity index (χ4v) is 4.09. The van der Waals surface area contributed by atoms with Gasteiger partial charge in [0.2, 0.25) is 5.96 Å². The first-order valence-electron chi connectivity index (χ1n) is 8.28. The van der Waals surface area contributed by atoms with Crippen LogP contribution in [0, 0.1) is 5.82 Å². The molecule has 0 spiro atoms. The second-order valence-electron chi connectivity index (χ2n) is 6.08. The molecule has 1 heterocycles. The molecule has 1 aliphatic rings. The maximum absolute atomic E-state index is 13.9. The minimum atomic E-state index is -3.81. The van der Waals surface area contributed by atoms with Crippen molar-refractivity contribution in [2.75, 3.05) is 19.0 Å². The zero-order chi connectivity index (χ0) is 19.6. The van der Waals surface area contributed by atoms with Crippen LogP contribution in [0.3, 0.4) is 0 Å². The molecule has 1 aliphatic heterocycles. The quantitative estimate of drug-likeness (QED) is 0.787. The van der Waals surface area contributed by atoms with Gasteiger partial charge in [0.15, 0.2) is 0 Å². The zero-order valence-electron chi connectivity index (χ0n) is 14.8. The lowest BCUT2D eigenvalue weighted by Gasteiger charge is -2.24. The summed E-state index contributed by atoms with van der Waals surface area (Å²) in [6.07, 6.45) is 0.636. The number of ether oxygens (including phenoxy) is 1. The Morgan fingerprint density at radius 3 is 2.67 bits per heavy atom. The van der Waals surface area contributed by atoms with Crippen LogP contribution in [0.5, 0.6) is 0 Å². The van der Waals surface area contributed by atoms with E-state index < -0.39 is 15.8 Å². The van der Waals surface area contributed by atoms with Crippen LogP contribution < -0.4 is 10.0 Å². The SMILES string of the molecule is COC(C)CCN=C1Nc2c(-c3cccc(F)c3Cl)cccc2S(=O)(=O)N1. The van der Waals surface area contributed by atoms with Crippen molar-refractivity contribution in [2.24, 2.45) is 4.99 Å². The third-order valence-corrected chi connectivity index (χ3v) is 6.01. The van der Waals surface area contributed by atoms with E-state index in [0.717, 1.165) is 0 Å². The molecule has 0 saturated carbocycles. The van der Waals surface area contributed by atoms with E-state index in [0.29, 0.717) is 29.8 Å². The fourth-order valence-electron chi connectivity index (χ4n) is 2.69. The molecule has 144 valence electrons. The Kier molecular flexibility index (Phi) is 5.69. The highest BCUT2D eigenvalue weighted by Crippen LogP contribution is 2.39. The molecule has 2 aromatic carbocycles. The molecule has 0 aromatic heterocycles. The summed E-state index contributed by atoms with van der Waals surface area (Å²) in [5.41, 5.74) is 1.17. The van der Waals surface area contributed by atoms with Crippen LogP contribution in [0.1, 0.15) is 13.3 Å². The number of guanidine groups is 1. The predicted octanol–water partition coefficient (Wildman–Crippen LogP) is 3.63. The van der Waals surface area contributed by atoms with Gasteiger partial charge in [-0.2, -0.15) is 0 Å². The molecule has 1 atom stereocenters. The number of nitrogens with zero attached hydrogens (tertiary/aromatic N) is 1. The first-order chi connectivity index (χ1) is 12.8. The molecular weight excluding hydrogens is 393 g/mol. The molecule has 0 saturated heterocycles. The van der Waals surface area contributed by atoms with Gasteiger partial charge in [-0.3, -0.25) is 4.99 Å². The third kappa shape index (κ3) is 4.07. The summed E-state index contributed by atoms with van der Waals surface area (Å²) in [4.78, 5) is 4.31. The Balaban J connectivity index is 2.04. The Hall–Kier alpha value is -2.16. The van der Waals surface area contributed by atoms with E-state index in [9.17, 15) is 12.8 Å². The molecular formula is C18H19ClFN3O3S. The lowest BCUT2D eigenvalue weighted by molar-refractivity contribution is 0.113. The summed E-state index contributed by atoms with van der Waals surface area (Å²) in [7, 11) is -2.21. The summed E-state index contributed by atoms with van der Waals surface area (Å²) < 4.78 is 46.7. The number of hydrogen-bond donors (Lipinski definition) is 2. The van der Waals surface area contributed by atoms with Gasteiger partial charge in [0.05, 0.1) is 16.8 Å². The number of para-hydroxylation sites is 1. The van der Waals surface area contributed by atoms with Gasteiger partial charge in [-0.25, -0.2) is 17.5 Å². The van der Waals surface area contributed by atoms with E-state index in [4.69, 9.17) is 16.3 Å². The summed E-state index contributed by atoms with van der Waals surface area (Å²) in [5, 5.41) is 2.92. The van der Waals surface area contributed by atoms with Crippen molar-refractivity contribution in [2.45, 2.75) is 24.3 Å². The number of aliphatic imine (C=N–C) groups is 1. The first kappa shape index (κ1) is 19.6. The highest BCUT2D eigenvalue weighted by molar-refractivity contribution is 7.90. The van der Waals surface area contributed by atoms with E-state index in [-0.39, 0.29) is 22.0 Å². The number of sulfonamides is 1. The summed E-state index contributed by atoms with van der Waals surface area (Å²) >= 11 is 6.10. The highest BCUT2D eigenvalue weighted by Gasteiger charge is 2.29. The number of halogens is 2. The maximum Gasteiger partial charge on any atom is 0.266 e. The molecule has 0 aliphatic carbocycles. The van der Waals surface area contributed by atoms with E-state index >= 15 is 0 Å². The monoisotopic (exact) mass is 411 g/mol. The van der Waals surface area contributed by atoms with Gasteiger partial charge >= 0.3 is 0 Å². The van der Waals surface area contributed by atoms with Crippen molar-refractivity contribution < 1.29 is 17.5 Å². The zero-order valence-corrected chi connectivity index (χ0v) is 16.4. The normalized spacial score (nSPS) is 17.7. The van der Waals surface area contributed by atoms with Crippen molar-refractivity contribution in [3.63, 3.8) is 0 Å². The Morgan fingerprint density at radius 1 is 1.22 bits per heavy atom. The topological polar surface area (TPSA) is 79.8 Å². The number of fused-ring (bicyclic) bond motifs is 1. The predicted molar refractivity (Wildman–Crippen MR) is 104 cm³/mol. The Bertz CT molecular complexity index is 995. The lowest BCUT2D eigenvalue weighted by atomic mass is 10.0. The number of anilines is 1. The number of rotatable bonds is 5. The minimum absolute atomic E-state index is 0.00324. The van der Waals surface area contributed by atoms with E-state index in [1.165, 1.54) is 18.2 Å². The average Bonchev–Trinajstić information content (AvgIpc) is 2.63. The number of nitrogens with one attached hydrogen (secondary N) is 2. The van der Waals surface area contributed by atoms with Gasteiger partial charge < -0.3 is 10.1 Å². The number of hydrogen-bond acceptors (Lipinski definition) is 4. The molecule has 1 unspecified atom stereocenters. The van der Waals surface area contributed by atoms with Gasteiger partial charge in [-0.15, -0.1) is 0 Å². The molecule has 0 bridgehead atoms. The van der Waals surface area contributed by atoms with Crippen LogP contribution in [0.15, 0.2) is 46.3 Å². The Morgan fingerprint density at radius 2 is 1.93 bits per heavy atom. The highest BCUT2D eigenvalue weighted by atomic mass is 35.5. The second-order valence-corrected chi connectivity index (χ2v) is 8.10. The van der Waals surface area contributed by atoms with Crippen molar-refractivity contribution >= 4 is 33.3 Å². The van der Waals surface area contributed by atoms with Gasteiger partial charge in [0.25, 0.3) is 10.0 Å². The van der Waals surface area contributed by atoms with Crippen molar-refractivity contribution in [1.82, 2.24) is 4.72 Å². The molecule has 0 fully saturated rings. The van der Waals surface area contributed by atoms with Crippen LogP contribution in [0.2, 0.25) is 5.02 Å². The van der Waals surface area contributed by atoms with Crippen LogP contribution in [0.4, 0.5) is 10.1 Å². The molecule has 0 amide bonds. The molecule has 27 heavy (non-hydrogen) atoms.